The first-order valence-corrected chi connectivity index (χ1v) is 6.15. The Morgan fingerprint density at radius 1 is 1.33 bits per heavy atom. The maximum atomic E-state index is 11.8. The number of hydrogen-bond acceptors (Lipinski definition) is 3. The molecule has 0 aliphatic carbocycles. The van der Waals surface area contributed by atoms with Gasteiger partial charge in [-0.3, -0.25) is 4.79 Å². The molecule has 0 amide bonds. The highest BCUT2D eigenvalue weighted by Crippen LogP contribution is 2.21. The number of carbonyl (C=O) groups excluding carboxylic acids is 1. The van der Waals surface area contributed by atoms with Crippen LogP contribution in [-0.4, -0.2) is 17.6 Å². The third-order valence-corrected chi connectivity index (χ3v) is 2.66. The number of halogens is 1. The van der Waals surface area contributed by atoms with E-state index in [9.17, 15) is 4.79 Å². The van der Waals surface area contributed by atoms with Crippen molar-refractivity contribution >= 4 is 17.6 Å². The fraction of sp³-hybridized carbons (Fsp3) is 0.429. The zero-order chi connectivity index (χ0) is 13.9. The Morgan fingerprint density at radius 2 is 1.83 bits per heavy atom. The number of hydrogen-bond donors (Lipinski definition) is 1. The molecule has 2 unspecified atom stereocenters. The van der Waals surface area contributed by atoms with Crippen molar-refractivity contribution in [3.8, 4) is 0 Å². The van der Waals surface area contributed by atoms with Crippen molar-refractivity contribution in [2.24, 2.45) is 5.73 Å². The summed E-state index contributed by atoms with van der Waals surface area (Å²) < 4.78 is 5.24. The molecule has 2 N–H and O–H groups in total. The molecule has 1 rings (SSSR count). The molecule has 0 aromatic heterocycles. The van der Waals surface area contributed by atoms with Gasteiger partial charge in [-0.2, -0.15) is 0 Å². The lowest BCUT2D eigenvalue weighted by molar-refractivity contribution is -0.156. The maximum absolute atomic E-state index is 11.8. The SMILES string of the molecule is [CH2]C(c1ccc(Cl)cc1)C(N)C(=O)OC(C)(C)C. The predicted octanol–water partition coefficient (Wildman–Crippen LogP) is 2.93. The van der Waals surface area contributed by atoms with Gasteiger partial charge in [0.25, 0.3) is 0 Å². The minimum atomic E-state index is -0.787. The number of benzene rings is 1. The second kappa shape index (κ2) is 5.72. The molecule has 3 nitrogen and oxygen atoms in total. The van der Waals surface area contributed by atoms with Gasteiger partial charge in [-0.05, 0) is 45.4 Å². The molecule has 1 aromatic rings. The minimum absolute atomic E-state index is 0.364. The minimum Gasteiger partial charge on any atom is -0.459 e. The Morgan fingerprint density at radius 3 is 2.28 bits per heavy atom. The lowest BCUT2D eigenvalue weighted by atomic mass is 9.94. The standard InChI is InChI=1S/C14H19ClNO2/c1-9(10-5-7-11(15)8-6-10)12(16)13(17)18-14(2,3)4/h5-9,12H,1,16H2,2-4H3. The van der Waals surface area contributed by atoms with Crippen molar-refractivity contribution in [1.29, 1.82) is 0 Å². The molecule has 4 heteroatoms. The van der Waals surface area contributed by atoms with Gasteiger partial charge in [0.1, 0.15) is 11.6 Å². The van der Waals surface area contributed by atoms with Gasteiger partial charge in [0.15, 0.2) is 0 Å². The van der Waals surface area contributed by atoms with Crippen LogP contribution in [0.1, 0.15) is 32.3 Å². The molecule has 0 spiro atoms. The smallest absolute Gasteiger partial charge is 0.324 e. The van der Waals surface area contributed by atoms with Crippen LogP contribution in [0, 0.1) is 6.92 Å². The second-order valence-electron chi connectivity index (χ2n) is 5.22. The molecule has 1 aromatic carbocycles. The molecule has 0 fully saturated rings. The van der Waals surface area contributed by atoms with E-state index < -0.39 is 17.6 Å². The summed E-state index contributed by atoms with van der Waals surface area (Å²) in [6, 6.07) is 6.33. The molecule has 0 bridgehead atoms. The lowest BCUT2D eigenvalue weighted by Gasteiger charge is -2.25. The normalized spacial score (nSPS) is 15.0. The summed E-state index contributed by atoms with van der Waals surface area (Å²) in [6.45, 7) is 9.33. The van der Waals surface area contributed by atoms with E-state index in [2.05, 4.69) is 6.92 Å². The van der Waals surface area contributed by atoms with Gasteiger partial charge in [0, 0.05) is 10.9 Å². The maximum Gasteiger partial charge on any atom is 0.324 e. The van der Waals surface area contributed by atoms with E-state index in [-0.39, 0.29) is 5.92 Å². The molecular formula is C14H19ClNO2. The summed E-state index contributed by atoms with van der Waals surface area (Å²) in [6.07, 6.45) is 0. The third kappa shape index (κ3) is 4.31. The molecule has 0 saturated carbocycles. The summed E-state index contributed by atoms with van der Waals surface area (Å²) in [5.41, 5.74) is 6.18. The van der Waals surface area contributed by atoms with Gasteiger partial charge >= 0.3 is 5.97 Å². The number of nitrogens with two attached hydrogens (primary N) is 1. The van der Waals surface area contributed by atoms with Crippen molar-refractivity contribution in [3.63, 3.8) is 0 Å². The molecular weight excluding hydrogens is 250 g/mol. The van der Waals surface area contributed by atoms with Crippen LogP contribution in [0.3, 0.4) is 0 Å². The van der Waals surface area contributed by atoms with E-state index in [0.717, 1.165) is 5.56 Å². The number of carbonyl (C=O) groups is 1. The summed E-state index contributed by atoms with van der Waals surface area (Å²) >= 11 is 5.80. The Balaban J connectivity index is 2.74. The van der Waals surface area contributed by atoms with Crippen molar-refractivity contribution in [2.75, 3.05) is 0 Å². The Bertz CT molecular complexity index is 409. The van der Waals surface area contributed by atoms with Gasteiger partial charge in [0.2, 0.25) is 0 Å². The van der Waals surface area contributed by atoms with Crippen LogP contribution in [-0.2, 0) is 9.53 Å². The molecule has 0 heterocycles. The molecule has 0 aliphatic rings. The van der Waals surface area contributed by atoms with Gasteiger partial charge in [-0.15, -0.1) is 0 Å². The summed E-state index contributed by atoms with van der Waals surface area (Å²) in [5, 5.41) is 0.636. The van der Waals surface area contributed by atoms with E-state index in [1.165, 1.54) is 0 Å². The van der Waals surface area contributed by atoms with Crippen LogP contribution >= 0.6 is 11.6 Å². The fourth-order valence-corrected chi connectivity index (χ4v) is 1.58. The van der Waals surface area contributed by atoms with Gasteiger partial charge in [0.05, 0.1) is 0 Å². The molecule has 0 saturated heterocycles. The first-order valence-electron chi connectivity index (χ1n) is 5.77. The topological polar surface area (TPSA) is 52.3 Å². The van der Waals surface area contributed by atoms with E-state index in [0.29, 0.717) is 5.02 Å². The quantitative estimate of drug-likeness (QED) is 0.858. The molecule has 0 aliphatic heterocycles. The number of esters is 1. The number of ether oxygens (including phenoxy) is 1. The van der Waals surface area contributed by atoms with Crippen molar-refractivity contribution < 1.29 is 9.53 Å². The van der Waals surface area contributed by atoms with Crippen molar-refractivity contribution in [3.05, 3.63) is 41.8 Å². The molecule has 99 valence electrons. The lowest BCUT2D eigenvalue weighted by Crippen LogP contribution is -2.40. The van der Waals surface area contributed by atoms with E-state index in [1.54, 1.807) is 32.9 Å². The van der Waals surface area contributed by atoms with Crippen molar-refractivity contribution in [2.45, 2.75) is 38.3 Å². The van der Waals surface area contributed by atoms with Crippen LogP contribution in [0.4, 0.5) is 0 Å². The highest BCUT2D eigenvalue weighted by Gasteiger charge is 2.27. The second-order valence-corrected chi connectivity index (χ2v) is 5.65. The third-order valence-electron chi connectivity index (χ3n) is 2.41. The number of rotatable bonds is 3. The van der Waals surface area contributed by atoms with Crippen LogP contribution in [0.2, 0.25) is 5.02 Å². The highest BCUT2D eigenvalue weighted by molar-refractivity contribution is 6.30. The monoisotopic (exact) mass is 268 g/mol. The van der Waals surface area contributed by atoms with Gasteiger partial charge < -0.3 is 10.5 Å². The average molecular weight is 269 g/mol. The largest absolute Gasteiger partial charge is 0.459 e. The average Bonchev–Trinajstić information content (AvgIpc) is 2.26. The van der Waals surface area contributed by atoms with E-state index >= 15 is 0 Å². The Hall–Kier alpha value is -1.06. The molecule has 2 atom stereocenters. The fourth-order valence-electron chi connectivity index (χ4n) is 1.45. The predicted molar refractivity (Wildman–Crippen MR) is 73.4 cm³/mol. The first-order chi connectivity index (χ1) is 8.20. The van der Waals surface area contributed by atoms with Gasteiger partial charge in [-0.1, -0.05) is 23.7 Å². The Kier molecular flexibility index (Phi) is 4.77. The highest BCUT2D eigenvalue weighted by atomic mass is 35.5. The zero-order valence-electron chi connectivity index (χ0n) is 10.9. The first kappa shape index (κ1) is 15.0. The summed E-state index contributed by atoms with van der Waals surface area (Å²) in [5.74, 6) is -0.811. The molecule has 1 radical (unpaired) electrons. The van der Waals surface area contributed by atoms with Crippen LogP contribution in [0.15, 0.2) is 24.3 Å². The molecule has 18 heavy (non-hydrogen) atoms. The van der Waals surface area contributed by atoms with E-state index in [1.807, 2.05) is 12.1 Å². The summed E-state index contributed by atoms with van der Waals surface area (Å²) in [7, 11) is 0. The summed E-state index contributed by atoms with van der Waals surface area (Å²) in [4.78, 5) is 11.8. The Labute approximate surface area is 113 Å². The van der Waals surface area contributed by atoms with Gasteiger partial charge in [-0.25, -0.2) is 0 Å². The van der Waals surface area contributed by atoms with Crippen LogP contribution in [0.25, 0.3) is 0 Å². The van der Waals surface area contributed by atoms with Crippen molar-refractivity contribution in [1.82, 2.24) is 0 Å². The van der Waals surface area contributed by atoms with Crippen LogP contribution in [0.5, 0.6) is 0 Å². The zero-order valence-corrected chi connectivity index (χ0v) is 11.7. The van der Waals surface area contributed by atoms with E-state index in [4.69, 9.17) is 22.1 Å². The van der Waals surface area contributed by atoms with Crippen LogP contribution < -0.4 is 5.73 Å².